The van der Waals surface area contributed by atoms with E-state index in [4.69, 9.17) is 5.73 Å². The first-order chi connectivity index (χ1) is 6.99. The predicted octanol–water partition coefficient (Wildman–Crippen LogP) is -0.600. The molecule has 3 N–H and O–H groups in total. The van der Waals surface area contributed by atoms with Crippen LogP contribution in [0.25, 0.3) is 0 Å². The molecule has 1 aliphatic rings. The number of likely N-dealkylation sites (N-methyl/N-ethyl adjacent to an activating group) is 1. The molecular formula is C9H15N3O2S. The molecule has 0 saturated heterocycles. The highest BCUT2D eigenvalue weighted by Gasteiger charge is 2.24. The van der Waals surface area contributed by atoms with Crippen LogP contribution in [-0.4, -0.2) is 41.3 Å². The molecule has 0 radical (unpaired) electrons. The fourth-order valence-electron chi connectivity index (χ4n) is 1.09. The summed E-state index contributed by atoms with van der Waals surface area (Å²) in [4.78, 5) is 24.2. The lowest BCUT2D eigenvalue weighted by Crippen LogP contribution is -2.40. The zero-order valence-corrected chi connectivity index (χ0v) is 9.47. The quantitative estimate of drug-likeness (QED) is 0.617. The summed E-state index contributed by atoms with van der Waals surface area (Å²) in [5.74, 6) is -0.357. The standard InChI is InChI=1S/C9H15N3O2S/c1-12(9(14)4-7(10)15)5-8(13)11-6-2-3-6/h6H,2-5H2,1H3,(H2,10,15)(H,11,13). The van der Waals surface area contributed by atoms with E-state index >= 15 is 0 Å². The van der Waals surface area contributed by atoms with Crippen molar-refractivity contribution in [3.63, 3.8) is 0 Å². The first kappa shape index (κ1) is 11.9. The zero-order chi connectivity index (χ0) is 11.4. The van der Waals surface area contributed by atoms with Gasteiger partial charge in [0.15, 0.2) is 0 Å². The van der Waals surface area contributed by atoms with E-state index in [1.165, 1.54) is 4.90 Å². The van der Waals surface area contributed by atoms with Crippen molar-refractivity contribution in [1.82, 2.24) is 10.2 Å². The SMILES string of the molecule is CN(CC(=O)NC1CC1)C(=O)CC(N)=S. The number of carbonyl (C=O) groups excluding carboxylic acids is 2. The topological polar surface area (TPSA) is 75.4 Å². The van der Waals surface area contributed by atoms with Gasteiger partial charge in [0, 0.05) is 13.1 Å². The average molecular weight is 229 g/mol. The van der Waals surface area contributed by atoms with Gasteiger partial charge >= 0.3 is 0 Å². The number of thiocarbonyl (C=S) groups is 1. The molecule has 0 aromatic rings. The summed E-state index contributed by atoms with van der Waals surface area (Å²) in [5, 5.41) is 2.80. The lowest BCUT2D eigenvalue weighted by molar-refractivity contribution is -0.133. The van der Waals surface area contributed by atoms with Gasteiger partial charge in [-0.3, -0.25) is 9.59 Å². The van der Waals surface area contributed by atoms with Gasteiger partial charge in [0.25, 0.3) is 0 Å². The number of amides is 2. The Morgan fingerprint density at radius 3 is 2.60 bits per heavy atom. The number of hydrogen-bond acceptors (Lipinski definition) is 3. The van der Waals surface area contributed by atoms with Crippen molar-refractivity contribution >= 4 is 29.0 Å². The molecule has 1 fully saturated rings. The third-order valence-corrected chi connectivity index (χ3v) is 2.22. The van der Waals surface area contributed by atoms with Gasteiger partial charge < -0.3 is 16.0 Å². The molecule has 0 spiro atoms. The summed E-state index contributed by atoms with van der Waals surface area (Å²) in [6.07, 6.45) is 2.09. The van der Waals surface area contributed by atoms with E-state index in [0.717, 1.165) is 12.8 Å². The van der Waals surface area contributed by atoms with Gasteiger partial charge in [0.05, 0.1) is 18.0 Å². The highest BCUT2D eigenvalue weighted by atomic mass is 32.1. The van der Waals surface area contributed by atoms with E-state index in [1.807, 2.05) is 0 Å². The van der Waals surface area contributed by atoms with E-state index < -0.39 is 0 Å². The molecule has 0 aromatic carbocycles. The Kier molecular flexibility index (Phi) is 4.02. The van der Waals surface area contributed by atoms with E-state index in [9.17, 15) is 9.59 Å². The maximum atomic E-state index is 11.4. The summed E-state index contributed by atoms with van der Waals surface area (Å²) >= 11 is 4.61. The first-order valence-electron chi connectivity index (χ1n) is 4.80. The highest BCUT2D eigenvalue weighted by Crippen LogP contribution is 2.18. The lowest BCUT2D eigenvalue weighted by Gasteiger charge is -2.16. The van der Waals surface area contributed by atoms with E-state index in [0.29, 0.717) is 6.04 Å². The predicted molar refractivity (Wildman–Crippen MR) is 60.2 cm³/mol. The normalized spacial score (nSPS) is 14.5. The second-order valence-electron chi connectivity index (χ2n) is 3.73. The summed E-state index contributed by atoms with van der Waals surface area (Å²) < 4.78 is 0. The maximum Gasteiger partial charge on any atom is 0.239 e. The molecule has 0 bridgehead atoms. The van der Waals surface area contributed by atoms with Gasteiger partial charge in [-0.25, -0.2) is 0 Å². The molecule has 84 valence electrons. The molecule has 0 atom stereocenters. The fraction of sp³-hybridized carbons (Fsp3) is 0.667. The third-order valence-electron chi connectivity index (χ3n) is 2.07. The minimum absolute atomic E-state index is 0.0164. The zero-order valence-electron chi connectivity index (χ0n) is 8.66. The Hall–Kier alpha value is -1.17. The second kappa shape index (κ2) is 5.06. The highest BCUT2D eigenvalue weighted by molar-refractivity contribution is 7.80. The molecule has 1 saturated carbocycles. The number of nitrogens with one attached hydrogen (secondary N) is 1. The van der Waals surface area contributed by atoms with Crippen LogP contribution in [0, 0.1) is 0 Å². The lowest BCUT2D eigenvalue weighted by atomic mass is 10.3. The van der Waals surface area contributed by atoms with E-state index in [-0.39, 0.29) is 29.8 Å². The van der Waals surface area contributed by atoms with Crippen molar-refractivity contribution in [1.29, 1.82) is 0 Å². The molecular weight excluding hydrogens is 214 g/mol. The molecule has 5 nitrogen and oxygen atoms in total. The summed E-state index contributed by atoms with van der Waals surface area (Å²) in [7, 11) is 1.56. The number of rotatable bonds is 5. The van der Waals surface area contributed by atoms with Crippen molar-refractivity contribution < 1.29 is 9.59 Å². The van der Waals surface area contributed by atoms with Crippen LogP contribution in [0.1, 0.15) is 19.3 Å². The van der Waals surface area contributed by atoms with Crippen molar-refractivity contribution in [3.8, 4) is 0 Å². The Labute approximate surface area is 94.0 Å². The van der Waals surface area contributed by atoms with Crippen molar-refractivity contribution in [3.05, 3.63) is 0 Å². The van der Waals surface area contributed by atoms with Gasteiger partial charge in [0.1, 0.15) is 0 Å². The third kappa shape index (κ3) is 4.73. The minimum Gasteiger partial charge on any atom is -0.393 e. The fourth-order valence-corrected chi connectivity index (χ4v) is 1.21. The van der Waals surface area contributed by atoms with Crippen LogP contribution in [0.2, 0.25) is 0 Å². The van der Waals surface area contributed by atoms with Crippen LogP contribution in [0.15, 0.2) is 0 Å². The van der Waals surface area contributed by atoms with Crippen LogP contribution in [-0.2, 0) is 9.59 Å². The molecule has 15 heavy (non-hydrogen) atoms. The smallest absolute Gasteiger partial charge is 0.239 e. The summed E-state index contributed by atoms with van der Waals surface area (Å²) in [6.45, 7) is 0.0674. The number of nitrogens with zero attached hydrogens (tertiary/aromatic N) is 1. The monoisotopic (exact) mass is 229 g/mol. The number of nitrogens with two attached hydrogens (primary N) is 1. The Balaban J connectivity index is 2.26. The van der Waals surface area contributed by atoms with Crippen LogP contribution in [0.5, 0.6) is 0 Å². The van der Waals surface area contributed by atoms with Crippen LogP contribution in [0.3, 0.4) is 0 Å². The number of carbonyl (C=O) groups is 2. The molecule has 0 aliphatic heterocycles. The first-order valence-corrected chi connectivity index (χ1v) is 5.21. The van der Waals surface area contributed by atoms with Gasteiger partial charge in [-0.2, -0.15) is 0 Å². The Morgan fingerprint density at radius 2 is 2.13 bits per heavy atom. The van der Waals surface area contributed by atoms with Gasteiger partial charge in [-0.05, 0) is 12.8 Å². The van der Waals surface area contributed by atoms with Crippen molar-refractivity contribution in [2.24, 2.45) is 5.73 Å². The van der Waals surface area contributed by atoms with Gasteiger partial charge in [0.2, 0.25) is 11.8 Å². The molecule has 1 rings (SSSR count). The van der Waals surface area contributed by atoms with Crippen LogP contribution >= 0.6 is 12.2 Å². The van der Waals surface area contributed by atoms with E-state index in [2.05, 4.69) is 17.5 Å². The average Bonchev–Trinajstić information content (AvgIpc) is 2.86. The van der Waals surface area contributed by atoms with Crippen molar-refractivity contribution in [2.75, 3.05) is 13.6 Å². The molecule has 2 amide bonds. The summed E-state index contributed by atoms with van der Waals surface area (Å²) in [6, 6.07) is 0.316. The largest absolute Gasteiger partial charge is 0.393 e. The Morgan fingerprint density at radius 1 is 1.53 bits per heavy atom. The second-order valence-corrected chi connectivity index (χ2v) is 4.26. The van der Waals surface area contributed by atoms with Gasteiger partial charge in [-0.15, -0.1) is 0 Å². The maximum absolute atomic E-state index is 11.4. The molecule has 0 heterocycles. The minimum atomic E-state index is -0.228. The van der Waals surface area contributed by atoms with Gasteiger partial charge in [-0.1, -0.05) is 12.2 Å². The molecule has 6 heteroatoms. The molecule has 1 aliphatic carbocycles. The van der Waals surface area contributed by atoms with Crippen LogP contribution in [0.4, 0.5) is 0 Å². The molecule has 0 aromatic heterocycles. The summed E-state index contributed by atoms with van der Waals surface area (Å²) in [5.41, 5.74) is 5.24. The van der Waals surface area contributed by atoms with E-state index in [1.54, 1.807) is 7.05 Å². The van der Waals surface area contributed by atoms with Crippen LogP contribution < -0.4 is 11.1 Å². The van der Waals surface area contributed by atoms with Crippen molar-refractivity contribution in [2.45, 2.75) is 25.3 Å². The molecule has 0 unspecified atom stereocenters. The Bertz CT molecular complexity index is 289. The number of hydrogen-bond donors (Lipinski definition) is 2.